The first-order valence-electron chi connectivity index (χ1n) is 6.22. The summed E-state index contributed by atoms with van der Waals surface area (Å²) in [5, 5.41) is 2.22. The Morgan fingerprint density at radius 1 is 1.42 bits per heavy atom. The fourth-order valence-corrected chi connectivity index (χ4v) is 2.91. The lowest BCUT2D eigenvalue weighted by atomic mass is 10.3. The van der Waals surface area contributed by atoms with Gasteiger partial charge < -0.3 is 11.1 Å². The van der Waals surface area contributed by atoms with E-state index in [2.05, 4.69) is 5.32 Å². The summed E-state index contributed by atoms with van der Waals surface area (Å²) < 4.78 is 23.5. The minimum Gasteiger partial charge on any atom is -0.399 e. The summed E-state index contributed by atoms with van der Waals surface area (Å²) in [7, 11) is -3.19. The van der Waals surface area contributed by atoms with Gasteiger partial charge in [-0.25, -0.2) is 8.42 Å². The summed E-state index contributed by atoms with van der Waals surface area (Å²) in [6.07, 6.45) is 0.515. The van der Waals surface area contributed by atoms with Gasteiger partial charge in [0.2, 0.25) is 5.91 Å². The van der Waals surface area contributed by atoms with Crippen LogP contribution in [0.2, 0.25) is 0 Å². The largest absolute Gasteiger partial charge is 0.399 e. The first kappa shape index (κ1) is 15.5. The van der Waals surface area contributed by atoms with Gasteiger partial charge in [-0.1, -0.05) is 13.0 Å². The molecule has 0 fully saturated rings. The molecule has 5 nitrogen and oxygen atoms in total. The number of rotatable bonds is 6. The summed E-state index contributed by atoms with van der Waals surface area (Å²) >= 11 is 0. The van der Waals surface area contributed by atoms with Crippen molar-refractivity contribution in [3.8, 4) is 0 Å². The topological polar surface area (TPSA) is 89.3 Å². The van der Waals surface area contributed by atoms with Crippen LogP contribution in [0, 0.1) is 0 Å². The number of benzene rings is 1. The Balaban J connectivity index is 2.53. The Morgan fingerprint density at radius 3 is 2.68 bits per heavy atom. The average Bonchev–Trinajstić information content (AvgIpc) is 2.35. The van der Waals surface area contributed by atoms with Crippen LogP contribution in [0.25, 0.3) is 0 Å². The highest BCUT2D eigenvalue weighted by molar-refractivity contribution is 7.92. The van der Waals surface area contributed by atoms with E-state index in [0.29, 0.717) is 17.8 Å². The molecule has 0 spiro atoms. The van der Waals surface area contributed by atoms with Gasteiger partial charge >= 0.3 is 0 Å². The lowest BCUT2D eigenvalue weighted by molar-refractivity contribution is -0.115. The Morgan fingerprint density at radius 2 is 2.11 bits per heavy atom. The third-order valence-electron chi connectivity index (χ3n) is 2.97. The molecule has 3 N–H and O–H groups in total. The van der Waals surface area contributed by atoms with E-state index in [4.69, 9.17) is 5.73 Å². The fourth-order valence-electron chi connectivity index (χ4n) is 1.53. The van der Waals surface area contributed by atoms with Crippen molar-refractivity contribution in [2.45, 2.75) is 31.9 Å². The van der Waals surface area contributed by atoms with Crippen LogP contribution in [0.4, 0.5) is 11.4 Å². The van der Waals surface area contributed by atoms with Crippen molar-refractivity contribution < 1.29 is 13.2 Å². The first-order valence-corrected chi connectivity index (χ1v) is 7.93. The molecule has 0 saturated heterocycles. The Kier molecular flexibility index (Phi) is 5.35. The summed E-state index contributed by atoms with van der Waals surface area (Å²) in [6, 6.07) is 6.77. The molecule has 0 radical (unpaired) electrons. The number of carbonyl (C=O) groups is 1. The van der Waals surface area contributed by atoms with E-state index < -0.39 is 15.1 Å². The van der Waals surface area contributed by atoms with E-state index >= 15 is 0 Å². The van der Waals surface area contributed by atoms with E-state index in [1.54, 1.807) is 31.2 Å². The van der Waals surface area contributed by atoms with E-state index in [1.165, 1.54) is 0 Å². The average molecular weight is 284 g/mol. The maximum Gasteiger partial charge on any atom is 0.225 e. The van der Waals surface area contributed by atoms with Gasteiger partial charge in [0.1, 0.15) is 0 Å². The predicted octanol–water partition coefficient (Wildman–Crippen LogP) is 1.81. The summed E-state index contributed by atoms with van der Waals surface area (Å²) in [5.41, 5.74) is 6.71. The molecule has 0 saturated carbocycles. The van der Waals surface area contributed by atoms with Crippen molar-refractivity contribution in [2.24, 2.45) is 0 Å². The van der Waals surface area contributed by atoms with Gasteiger partial charge in [-0.15, -0.1) is 0 Å². The first-order chi connectivity index (χ1) is 8.85. The Hall–Kier alpha value is -1.56. The number of carbonyl (C=O) groups excluding carboxylic acids is 1. The highest BCUT2D eigenvalue weighted by atomic mass is 32.2. The molecular weight excluding hydrogens is 264 g/mol. The number of nitrogen functional groups attached to an aromatic ring is 1. The zero-order valence-corrected chi connectivity index (χ0v) is 12.0. The number of nitrogens with one attached hydrogen (secondary N) is 1. The van der Waals surface area contributed by atoms with Gasteiger partial charge in [-0.05, 0) is 31.5 Å². The second kappa shape index (κ2) is 6.56. The monoisotopic (exact) mass is 284 g/mol. The van der Waals surface area contributed by atoms with Crippen LogP contribution >= 0.6 is 0 Å². The molecule has 19 heavy (non-hydrogen) atoms. The highest BCUT2D eigenvalue weighted by Crippen LogP contribution is 2.13. The van der Waals surface area contributed by atoms with Crippen molar-refractivity contribution in [2.75, 3.05) is 16.8 Å². The van der Waals surface area contributed by atoms with Crippen molar-refractivity contribution in [3.05, 3.63) is 24.3 Å². The molecule has 1 aromatic rings. The second-order valence-corrected chi connectivity index (χ2v) is 7.05. The molecule has 1 aromatic carbocycles. The van der Waals surface area contributed by atoms with E-state index in [9.17, 15) is 13.2 Å². The molecule has 0 aliphatic heterocycles. The number of hydrogen-bond acceptors (Lipinski definition) is 4. The zero-order valence-electron chi connectivity index (χ0n) is 11.2. The van der Waals surface area contributed by atoms with E-state index in [-0.39, 0.29) is 18.1 Å². The Labute approximate surface area is 114 Å². The predicted molar refractivity (Wildman–Crippen MR) is 77.6 cm³/mol. The van der Waals surface area contributed by atoms with Crippen molar-refractivity contribution in [1.29, 1.82) is 0 Å². The smallest absolute Gasteiger partial charge is 0.225 e. The summed E-state index contributed by atoms with van der Waals surface area (Å²) in [6.45, 7) is 3.47. The molecule has 0 aliphatic rings. The van der Waals surface area contributed by atoms with Crippen LogP contribution in [0.3, 0.4) is 0 Å². The number of amides is 1. The molecular formula is C13H20N2O3S. The molecule has 0 bridgehead atoms. The van der Waals surface area contributed by atoms with Gasteiger partial charge in [0.15, 0.2) is 9.84 Å². The number of sulfone groups is 1. The van der Waals surface area contributed by atoms with Crippen LogP contribution in [-0.2, 0) is 14.6 Å². The maximum atomic E-state index is 11.8. The van der Waals surface area contributed by atoms with Crippen LogP contribution in [-0.4, -0.2) is 25.3 Å². The van der Waals surface area contributed by atoms with Crippen molar-refractivity contribution in [3.63, 3.8) is 0 Å². The van der Waals surface area contributed by atoms with Gasteiger partial charge in [0, 0.05) is 17.8 Å². The molecule has 0 aliphatic carbocycles. The minimum atomic E-state index is -3.19. The molecule has 1 rings (SSSR count). The van der Waals surface area contributed by atoms with Crippen LogP contribution in [0.5, 0.6) is 0 Å². The van der Waals surface area contributed by atoms with E-state index in [1.807, 2.05) is 6.92 Å². The SMILES string of the molecule is CCC(C)S(=O)(=O)CCC(=O)Nc1cccc(N)c1. The molecule has 1 amide bonds. The normalized spacial score (nSPS) is 12.9. The quantitative estimate of drug-likeness (QED) is 0.780. The van der Waals surface area contributed by atoms with E-state index in [0.717, 1.165) is 0 Å². The lowest BCUT2D eigenvalue weighted by Crippen LogP contribution is -2.24. The molecule has 106 valence electrons. The third-order valence-corrected chi connectivity index (χ3v) is 5.30. The van der Waals surface area contributed by atoms with Gasteiger partial charge in [-0.3, -0.25) is 4.79 Å². The van der Waals surface area contributed by atoms with Crippen molar-refractivity contribution >= 4 is 27.1 Å². The van der Waals surface area contributed by atoms with Gasteiger partial charge in [0.25, 0.3) is 0 Å². The van der Waals surface area contributed by atoms with Crippen LogP contribution in [0.15, 0.2) is 24.3 Å². The van der Waals surface area contributed by atoms with Gasteiger partial charge in [-0.2, -0.15) is 0 Å². The molecule has 0 aromatic heterocycles. The fraction of sp³-hybridized carbons (Fsp3) is 0.462. The number of anilines is 2. The summed E-state index contributed by atoms with van der Waals surface area (Å²) in [4.78, 5) is 11.7. The standard InChI is InChI=1S/C13H20N2O3S/c1-3-10(2)19(17,18)8-7-13(16)15-12-6-4-5-11(14)9-12/h4-6,9-10H,3,7-8,14H2,1-2H3,(H,15,16). The number of hydrogen-bond donors (Lipinski definition) is 2. The Bertz CT molecular complexity index is 541. The maximum absolute atomic E-state index is 11.8. The van der Waals surface area contributed by atoms with Crippen LogP contribution < -0.4 is 11.1 Å². The number of nitrogens with two attached hydrogens (primary N) is 1. The van der Waals surface area contributed by atoms with Gasteiger partial charge in [0.05, 0.1) is 11.0 Å². The summed E-state index contributed by atoms with van der Waals surface area (Å²) in [5.74, 6) is -0.451. The molecule has 0 heterocycles. The second-order valence-electron chi connectivity index (χ2n) is 4.51. The third kappa shape index (κ3) is 4.90. The molecule has 1 atom stereocenters. The van der Waals surface area contributed by atoms with Crippen LogP contribution in [0.1, 0.15) is 26.7 Å². The highest BCUT2D eigenvalue weighted by Gasteiger charge is 2.20. The molecule has 1 unspecified atom stereocenters. The minimum absolute atomic E-state index is 0.0402. The van der Waals surface area contributed by atoms with Crippen molar-refractivity contribution in [1.82, 2.24) is 0 Å². The lowest BCUT2D eigenvalue weighted by Gasteiger charge is -2.10. The molecule has 6 heteroatoms. The zero-order chi connectivity index (χ0) is 14.5.